The molecule has 4 heteroatoms. The van der Waals surface area contributed by atoms with Crippen molar-refractivity contribution < 1.29 is 14.2 Å². The van der Waals surface area contributed by atoms with Crippen molar-refractivity contribution in [1.82, 2.24) is 5.32 Å². The van der Waals surface area contributed by atoms with E-state index in [1.165, 1.54) is 12.1 Å². The maximum Gasteiger partial charge on any atom is 0.123 e. The van der Waals surface area contributed by atoms with Crippen molar-refractivity contribution in [3.63, 3.8) is 0 Å². The molecule has 2 N–H and O–H groups in total. The fourth-order valence-corrected chi connectivity index (χ4v) is 2.31. The molecule has 0 spiro atoms. The number of nitrogens with one attached hydrogen (secondary N) is 1. The number of methoxy groups -OCH3 is 1. The molecule has 20 heavy (non-hydrogen) atoms. The molecule has 0 fully saturated rings. The van der Waals surface area contributed by atoms with Crippen LogP contribution in [0.2, 0.25) is 0 Å². The predicted molar refractivity (Wildman–Crippen MR) is 79.2 cm³/mol. The molecule has 2 unspecified atom stereocenters. The Hall–Kier alpha value is -0.970. The molecule has 1 aromatic rings. The van der Waals surface area contributed by atoms with E-state index in [0.29, 0.717) is 13.0 Å². The Labute approximate surface area is 121 Å². The Kier molecular flexibility index (Phi) is 8.42. The van der Waals surface area contributed by atoms with Crippen molar-refractivity contribution in [3.05, 3.63) is 35.6 Å². The Bertz CT molecular complexity index is 350. The molecule has 114 valence electrons. The van der Waals surface area contributed by atoms with Crippen molar-refractivity contribution >= 4 is 0 Å². The van der Waals surface area contributed by atoms with Crippen molar-refractivity contribution in [3.8, 4) is 0 Å². The summed E-state index contributed by atoms with van der Waals surface area (Å²) in [6.45, 7) is 2.84. The Morgan fingerprint density at radius 2 is 1.95 bits per heavy atom. The molecule has 1 aromatic carbocycles. The highest BCUT2D eigenvalue weighted by Crippen LogP contribution is 2.21. The summed E-state index contributed by atoms with van der Waals surface area (Å²) in [5, 5.41) is 12.6. The van der Waals surface area contributed by atoms with Crippen LogP contribution in [0.15, 0.2) is 24.3 Å². The van der Waals surface area contributed by atoms with E-state index in [-0.39, 0.29) is 24.5 Å². The van der Waals surface area contributed by atoms with E-state index in [1.807, 2.05) is 12.1 Å². The lowest BCUT2D eigenvalue weighted by Gasteiger charge is -2.25. The lowest BCUT2D eigenvalue weighted by atomic mass is 9.99. The molecule has 0 aliphatic heterocycles. The van der Waals surface area contributed by atoms with Gasteiger partial charge in [-0.3, -0.25) is 0 Å². The summed E-state index contributed by atoms with van der Waals surface area (Å²) >= 11 is 0. The number of aliphatic hydroxyl groups is 1. The van der Waals surface area contributed by atoms with Crippen LogP contribution >= 0.6 is 0 Å². The number of benzene rings is 1. The number of aliphatic hydroxyl groups excluding tert-OH is 1. The minimum Gasteiger partial charge on any atom is -0.396 e. The highest BCUT2D eigenvalue weighted by molar-refractivity contribution is 5.20. The average Bonchev–Trinajstić information content (AvgIpc) is 2.45. The average molecular weight is 283 g/mol. The minimum absolute atomic E-state index is 0.108. The third kappa shape index (κ3) is 5.99. The van der Waals surface area contributed by atoms with Crippen LogP contribution in [0.3, 0.4) is 0 Å². The highest BCUT2D eigenvalue weighted by Gasteiger charge is 2.16. The fraction of sp³-hybridized carbons (Fsp3) is 0.625. The maximum atomic E-state index is 13.0. The monoisotopic (exact) mass is 283 g/mol. The fourth-order valence-electron chi connectivity index (χ4n) is 2.31. The van der Waals surface area contributed by atoms with E-state index in [1.54, 1.807) is 7.11 Å². The smallest absolute Gasteiger partial charge is 0.123 e. The molecule has 0 saturated carbocycles. The third-order valence-electron chi connectivity index (χ3n) is 3.40. The van der Waals surface area contributed by atoms with E-state index in [0.717, 1.165) is 24.8 Å². The summed E-state index contributed by atoms with van der Waals surface area (Å²) in [5.74, 6) is -0.216. The molecule has 0 aliphatic rings. The Balaban J connectivity index is 2.73. The first-order valence-corrected chi connectivity index (χ1v) is 7.32. The predicted octanol–water partition coefficient (Wildman–Crippen LogP) is 3.04. The summed E-state index contributed by atoms with van der Waals surface area (Å²) in [6, 6.07) is 6.91. The Morgan fingerprint density at radius 1 is 1.25 bits per heavy atom. The standard InChI is InChI=1S/C16H26FNO2/c1-3-4-5-16(13-6-8-14(17)9-7-13)18-15(10-11-19)12-20-2/h6-9,15-16,18-19H,3-5,10-12H2,1-2H3. The molecule has 0 bridgehead atoms. The van der Waals surface area contributed by atoms with Gasteiger partial charge in [0.1, 0.15) is 5.82 Å². The number of unbranched alkanes of at least 4 members (excludes halogenated alkanes) is 1. The first-order chi connectivity index (χ1) is 9.71. The normalized spacial score (nSPS) is 14.2. The zero-order valence-corrected chi connectivity index (χ0v) is 12.4. The topological polar surface area (TPSA) is 41.5 Å². The van der Waals surface area contributed by atoms with Crippen LogP contribution in [0.1, 0.15) is 44.2 Å². The van der Waals surface area contributed by atoms with Crippen LogP contribution in [0.5, 0.6) is 0 Å². The van der Waals surface area contributed by atoms with Gasteiger partial charge in [-0.05, 0) is 30.5 Å². The molecular weight excluding hydrogens is 257 g/mol. The number of hydrogen-bond donors (Lipinski definition) is 2. The molecule has 3 nitrogen and oxygen atoms in total. The van der Waals surface area contributed by atoms with Crippen LogP contribution in [-0.2, 0) is 4.74 Å². The van der Waals surface area contributed by atoms with E-state index in [4.69, 9.17) is 9.84 Å². The molecule has 0 heterocycles. The van der Waals surface area contributed by atoms with Crippen molar-refractivity contribution in [2.24, 2.45) is 0 Å². The van der Waals surface area contributed by atoms with Gasteiger partial charge >= 0.3 is 0 Å². The second kappa shape index (κ2) is 9.86. The summed E-state index contributed by atoms with van der Waals surface area (Å²) in [4.78, 5) is 0. The van der Waals surface area contributed by atoms with E-state index in [9.17, 15) is 4.39 Å². The second-order valence-corrected chi connectivity index (χ2v) is 5.08. The van der Waals surface area contributed by atoms with Crippen LogP contribution in [0.4, 0.5) is 4.39 Å². The first-order valence-electron chi connectivity index (χ1n) is 7.32. The first kappa shape index (κ1) is 17.1. The molecule has 0 aromatic heterocycles. The van der Waals surface area contributed by atoms with Crippen molar-refractivity contribution in [1.29, 1.82) is 0 Å². The van der Waals surface area contributed by atoms with Crippen LogP contribution in [-0.4, -0.2) is 31.5 Å². The summed E-state index contributed by atoms with van der Waals surface area (Å²) in [5.41, 5.74) is 1.08. The molecule has 0 aliphatic carbocycles. The molecular formula is C16H26FNO2. The van der Waals surface area contributed by atoms with Gasteiger partial charge in [-0.15, -0.1) is 0 Å². The van der Waals surface area contributed by atoms with Crippen LogP contribution in [0, 0.1) is 5.82 Å². The third-order valence-corrected chi connectivity index (χ3v) is 3.40. The van der Waals surface area contributed by atoms with Gasteiger partial charge in [0.05, 0.1) is 6.61 Å². The molecule has 0 saturated heterocycles. The number of rotatable bonds is 10. The maximum absolute atomic E-state index is 13.0. The van der Waals surface area contributed by atoms with Gasteiger partial charge in [-0.25, -0.2) is 4.39 Å². The van der Waals surface area contributed by atoms with Crippen LogP contribution in [0.25, 0.3) is 0 Å². The van der Waals surface area contributed by atoms with E-state index < -0.39 is 0 Å². The number of ether oxygens (including phenoxy) is 1. The number of halogens is 1. The summed E-state index contributed by atoms with van der Waals surface area (Å²) < 4.78 is 18.2. The summed E-state index contributed by atoms with van der Waals surface area (Å²) in [6.07, 6.45) is 3.87. The van der Waals surface area contributed by atoms with Gasteiger partial charge in [-0.2, -0.15) is 0 Å². The zero-order chi connectivity index (χ0) is 14.8. The molecule has 0 amide bonds. The van der Waals surface area contributed by atoms with Gasteiger partial charge in [-0.1, -0.05) is 31.9 Å². The van der Waals surface area contributed by atoms with E-state index in [2.05, 4.69) is 12.2 Å². The quantitative estimate of drug-likeness (QED) is 0.693. The summed E-state index contributed by atoms with van der Waals surface area (Å²) in [7, 11) is 1.66. The van der Waals surface area contributed by atoms with Crippen molar-refractivity contribution in [2.75, 3.05) is 20.3 Å². The van der Waals surface area contributed by atoms with Crippen molar-refractivity contribution in [2.45, 2.75) is 44.7 Å². The van der Waals surface area contributed by atoms with Gasteiger partial charge in [0.2, 0.25) is 0 Å². The van der Waals surface area contributed by atoms with Crippen LogP contribution < -0.4 is 5.32 Å². The zero-order valence-electron chi connectivity index (χ0n) is 12.4. The minimum atomic E-state index is -0.216. The van der Waals surface area contributed by atoms with Gasteiger partial charge < -0.3 is 15.2 Å². The highest BCUT2D eigenvalue weighted by atomic mass is 19.1. The van der Waals surface area contributed by atoms with Gasteiger partial charge in [0, 0.05) is 25.8 Å². The van der Waals surface area contributed by atoms with Gasteiger partial charge in [0.15, 0.2) is 0 Å². The SMILES string of the molecule is CCCCC(NC(CCO)COC)c1ccc(F)cc1. The van der Waals surface area contributed by atoms with E-state index >= 15 is 0 Å². The Morgan fingerprint density at radius 3 is 2.50 bits per heavy atom. The largest absolute Gasteiger partial charge is 0.396 e. The number of hydrogen-bond acceptors (Lipinski definition) is 3. The molecule has 0 radical (unpaired) electrons. The lowest BCUT2D eigenvalue weighted by molar-refractivity contribution is 0.141. The lowest BCUT2D eigenvalue weighted by Crippen LogP contribution is -2.37. The molecule has 1 rings (SSSR count). The van der Waals surface area contributed by atoms with Gasteiger partial charge in [0.25, 0.3) is 0 Å². The second-order valence-electron chi connectivity index (χ2n) is 5.08. The molecule has 2 atom stereocenters.